The minimum Gasteiger partial charge on any atom is -0.439 e. The van der Waals surface area contributed by atoms with Crippen molar-refractivity contribution in [2.24, 2.45) is 10.7 Å². The summed E-state index contributed by atoms with van der Waals surface area (Å²) in [4.78, 5) is 23.0. The minimum absolute atomic E-state index is 0.00853. The Morgan fingerprint density at radius 1 is 1.37 bits per heavy atom. The standard InChI is InChI=1S/C24H32N6O5/c1-16-21(24(3,4)32)35-23(27-16)29-22(31)26-15-18-7-5-6-8-19(18)34-20(9-10-25)28-17(2)30-11-13-33-14-12-30/h5-10,32H,2,11-15,25H2,1,3-4H3,(H2,26,27,29,31)/b10-9-,28-20+. The molecule has 2 amide bonds. The van der Waals surface area contributed by atoms with Crippen LogP contribution in [0.3, 0.4) is 0 Å². The topological polar surface area (TPSA) is 147 Å². The molecule has 0 atom stereocenters. The Labute approximate surface area is 204 Å². The van der Waals surface area contributed by atoms with E-state index < -0.39 is 11.6 Å². The van der Waals surface area contributed by atoms with E-state index in [1.165, 1.54) is 12.3 Å². The number of anilines is 1. The average Bonchev–Trinajstić information content (AvgIpc) is 3.19. The lowest BCUT2D eigenvalue weighted by Gasteiger charge is -2.28. The van der Waals surface area contributed by atoms with Gasteiger partial charge in [0.05, 0.1) is 18.9 Å². The molecule has 1 aliphatic heterocycles. The summed E-state index contributed by atoms with van der Waals surface area (Å²) in [5.74, 6) is 1.58. The number of benzene rings is 1. The van der Waals surface area contributed by atoms with Crippen molar-refractivity contribution in [2.45, 2.75) is 32.9 Å². The number of morpholine rings is 1. The van der Waals surface area contributed by atoms with Crippen molar-refractivity contribution in [3.05, 3.63) is 66.0 Å². The molecular weight excluding hydrogens is 452 g/mol. The number of hydrogen-bond donors (Lipinski definition) is 4. The largest absolute Gasteiger partial charge is 0.439 e. The Morgan fingerprint density at radius 2 is 2.09 bits per heavy atom. The van der Waals surface area contributed by atoms with Gasteiger partial charge < -0.3 is 34.9 Å². The summed E-state index contributed by atoms with van der Waals surface area (Å²) in [5.41, 5.74) is 5.57. The number of nitrogens with two attached hydrogens (primary N) is 1. The summed E-state index contributed by atoms with van der Waals surface area (Å²) < 4.78 is 16.8. The van der Waals surface area contributed by atoms with Crippen molar-refractivity contribution >= 4 is 17.9 Å². The highest BCUT2D eigenvalue weighted by atomic mass is 16.5. The van der Waals surface area contributed by atoms with Gasteiger partial charge in [0, 0.05) is 31.3 Å². The van der Waals surface area contributed by atoms with E-state index in [1.807, 2.05) is 23.1 Å². The fraction of sp³-hybridized carbons (Fsp3) is 0.375. The summed E-state index contributed by atoms with van der Waals surface area (Å²) in [6, 6.07) is 6.69. The van der Waals surface area contributed by atoms with E-state index in [9.17, 15) is 9.90 Å². The van der Waals surface area contributed by atoms with Crippen LogP contribution < -0.4 is 21.1 Å². The molecule has 0 bridgehead atoms. The zero-order valence-corrected chi connectivity index (χ0v) is 20.2. The first kappa shape index (κ1) is 25.8. The number of aliphatic hydroxyl groups is 1. The van der Waals surface area contributed by atoms with Crippen molar-refractivity contribution in [3.63, 3.8) is 0 Å². The molecule has 1 fully saturated rings. The summed E-state index contributed by atoms with van der Waals surface area (Å²) in [6.45, 7) is 11.6. The lowest BCUT2D eigenvalue weighted by Crippen LogP contribution is -2.35. The maximum Gasteiger partial charge on any atom is 0.323 e. The maximum absolute atomic E-state index is 12.4. The first-order valence-electron chi connectivity index (χ1n) is 11.2. The molecule has 3 rings (SSSR count). The monoisotopic (exact) mass is 484 g/mol. The van der Waals surface area contributed by atoms with Crippen LogP contribution in [0.25, 0.3) is 0 Å². The lowest BCUT2D eigenvalue weighted by atomic mass is 10.1. The fourth-order valence-electron chi connectivity index (χ4n) is 3.39. The van der Waals surface area contributed by atoms with E-state index in [0.717, 1.165) is 0 Å². The second kappa shape index (κ2) is 11.5. The maximum atomic E-state index is 12.4. The van der Waals surface area contributed by atoms with Gasteiger partial charge in [0.1, 0.15) is 17.2 Å². The summed E-state index contributed by atoms with van der Waals surface area (Å²) in [7, 11) is 0. The predicted molar refractivity (Wildman–Crippen MR) is 132 cm³/mol. The Kier molecular flexibility index (Phi) is 8.50. The molecule has 188 valence electrons. The van der Waals surface area contributed by atoms with Crippen molar-refractivity contribution in [1.82, 2.24) is 15.2 Å². The number of ether oxygens (including phenoxy) is 2. The van der Waals surface area contributed by atoms with Crippen LogP contribution in [0.4, 0.5) is 10.8 Å². The van der Waals surface area contributed by atoms with Gasteiger partial charge in [-0.15, -0.1) is 0 Å². The van der Waals surface area contributed by atoms with Gasteiger partial charge >= 0.3 is 12.0 Å². The van der Waals surface area contributed by atoms with Gasteiger partial charge in [-0.2, -0.15) is 9.98 Å². The number of oxazole rings is 1. The molecule has 11 nitrogen and oxygen atoms in total. The van der Waals surface area contributed by atoms with Crippen LogP contribution in [0.1, 0.15) is 30.9 Å². The highest BCUT2D eigenvalue weighted by Crippen LogP contribution is 2.26. The lowest BCUT2D eigenvalue weighted by molar-refractivity contribution is 0.0533. The number of para-hydroxylation sites is 1. The molecule has 2 heterocycles. The molecule has 1 aliphatic rings. The van der Waals surface area contributed by atoms with E-state index in [4.69, 9.17) is 19.6 Å². The van der Waals surface area contributed by atoms with Gasteiger partial charge in [-0.05, 0) is 33.0 Å². The van der Waals surface area contributed by atoms with E-state index in [-0.39, 0.29) is 24.2 Å². The number of aliphatic imine (C=N–C) groups is 1. The number of nitrogens with one attached hydrogen (secondary N) is 2. The van der Waals surface area contributed by atoms with Gasteiger partial charge in [-0.3, -0.25) is 5.32 Å². The number of amides is 2. The van der Waals surface area contributed by atoms with Crippen LogP contribution in [0.15, 0.2) is 58.4 Å². The van der Waals surface area contributed by atoms with Crippen LogP contribution in [0, 0.1) is 6.92 Å². The molecule has 0 saturated carbocycles. The average molecular weight is 485 g/mol. The first-order valence-corrected chi connectivity index (χ1v) is 11.2. The number of carbonyl (C=O) groups is 1. The van der Waals surface area contributed by atoms with Gasteiger partial charge in [-0.25, -0.2) is 4.79 Å². The molecule has 1 aromatic heterocycles. The molecule has 1 saturated heterocycles. The SMILES string of the molecule is C=C(/N=C(\C=C/N)Oc1ccccc1CNC(=O)Nc1nc(C)c(C(C)(C)O)o1)N1CCOCC1. The Hall–Kier alpha value is -3.83. The molecule has 35 heavy (non-hydrogen) atoms. The van der Waals surface area contributed by atoms with Gasteiger partial charge in [-0.1, -0.05) is 24.8 Å². The number of carbonyl (C=O) groups excluding carboxylic acids is 1. The van der Waals surface area contributed by atoms with Crippen LogP contribution in [-0.4, -0.2) is 53.2 Å². The summed E-state index contributed by atoms with van der Waals surface area (Å²) in [6.07, 6.45) is 2.87. The number of aryl methyl sites for hydroxylation is 1. The van der Waals surface area contributed by atoms with E-state index in [0.29, 0.717) is 49.1 Å². The third-order valence-corrected chi connectivity index (χ3v) is 5.05. The molecule has 0 aliphatic carbocycles. The summed E-state index contributed by atoms with van der Waals surface area (Å²) >= 11 is 0. The third kappa shape index (κ3) is 7.33. The highest BCUT2D eigenvalue weighted by Gasteiger charge is 2.25. The number of aromatic nitrogens is 1. The third-order valence-electron chi connectivity index (χ3n) is 5.05. The second-order valence-corrected chi connectivity index (χ2v) is 8.33. The Bertz CT molecular complexity index is 1100. The van der Waals surface area contributed by atoms with Crippen LogP contribution in [0.5, 0.6) is 5.75 Å². The van der Waals surface area contributed by atoms with Gasteiger partial charge in [0.15, 0.2) is 5.76 Å². The van der Waals surface area contributed by atoms with E-state index in [1.54, 1.807) is 26.8 Å². The molecule has 1 aromatic carbocycles. The normalized spacial score (nSPS) is 14.7. The molecule has 0 spiro atoms. The number of hydrogen-bond acceptors (Lipinski definition) is 9. The van der Waals surface area contributed by atoms with Crippen LogP contribution in [-0.2, 0) is 16.9 Å². The molecule has 0 unspecified atom stereocenters. The van der Waals surface area contributed by atoms with E-state index in [2.05, 4.69) is 27.2 Å². The van der Waals surface area contributed by atoms with E-state index >= 15 is 0 Å². The Balaban J connectivity index is 1.65. The smallest absolute Gasteiger partial charge is 0.323 e. The van der Waals surface area contributed by atoms with Gasteiger partial charge in [0.2, 0.25) is 5.90 Å². The minimum atomic E-state index is -1.21. The second-order valence-electron chi connectivity index (χ2n) is 8.33. The van der Waals surface area contributed by atoms with Crippen LogP contribution >= 0.6 is 0 Å². The number of urea groups is 1. The van der Waals surface area contributed by atoms with Crippen molar-refractivity contribution in [3.8, 4) is 5.75 Å². The molecule has 2 aromatic rings. The van der Waals surface area contributed by atoms with Crippen molar-refractivity contribution in [2.75, 3.05) is 31.6 Å². The van der Waals surface area contributed by atoms with Crippen LogP contribution in [0.2, 0.25) is 0 Å². The molecule has 11 heteroatoms. The molecule has 0 radical (unpaired) electrons. The van der Waals surface area contributed by atoms with Crippen molar-refractivity contribution < 1.29 is 23.8 Å². The zero-order chi connectivity index (χ0) is 25.4. The summed E-state index contributed by atoms with van der Waals surface area (Å²) in [5, 5.41) is 15.4. The number of rotatable bonds is 8. The van der Waals surface area contributed by atoms with Gasteiger partial charge in [0.25, 0.3) is 0 Å². The zero-order valence-electron chi connectivity index (χ0n) is 20.2. The highest BCUT2D eigenvalue weighted by molar-refractivity contribution is 5.90. The Morgan fingerprint density at radius 3 is 2.74 bits per heavy atom. The van der Waals surface area contributed by atoms with Crippen molar-refractivity contribution in [1.29, 1.82) is 0 Å². The molecule has 5 N–H and O–H groups in total. The fourth-order valence-corrected chi connectivity index (χ4v) is 3.39. The molecular formula is C24H32N6O5. The quantitative estimate of drug-likeness (QED) is 0.330. The predicted octanol–water partition coefficient (Wildman–Crippen LogP) is 2.59. The number of nitrogens with zero attached hydrogens (tertiary/aromatic N) is 3. The first-order chi connectivity index (χ1) is 16.7.